The number of benzene rings is 1. The third-order valence-electron chi connectivity index (χ3n) is 2.43. The molecule has 0 atom stereocenters. The summed E-state index contributed by atoms with van der Waals surface area (Å²) < 4.78 is 0. The number of nitro benzene ring substituents is 1. The number of halogens is 1. The maximum Gasteiger partial charge on any atom is 0.271 e. The number of amides is 1. The van der Waals surface area contributed by atoms with Crippen molar-refractivity contribution in [2.24, 2.45) is 5.92 Å². The molecule has 0 unspecified atom stereocenters. The van der Waals surface area contributed by atoms with E-state index in [9.17, 15) is 19.7 Å². The average Bonchev–Trinajstić information content (AvgIpc) is 2.30. The summed E-state index contributed by atoms with van der Waals surface area (Å²) in [6, 6.07) is 3.72. The Kier molecular flexibility index (Phi) is 5.64. The first kappa shape index (κ1) is 16.1. The molecule has 1 aromatic carbocycles. The predicted octanol–water partition coefficient (Wildman–Crippen LogP) is 3.19. The van der Waals surface area contributed by atoms with Crippen molar-refractivity contribution in [3.05, 3.63) is 33.3 Å². The lowest BCUT2D eigenvalue weighted by Crippen LogP contribution is -2.17. The van der Waals surface area contributed by atoms with Crippen LogP contribution in [0.15, 0.2) is 18.2 Å². The van der Waals surface area contributed by atoms with Gasteiger partial charge in [0.1, 0.15) is 5.78 Å². The van der Waals surface area contributed by atoms with Crippen molar-refractivity contribution < 1.29 is 14.5 Å². The van der Waals surface area contributed by atoms with E-state index in [4.69, 9.17) is 11.6 Å². The molecule has 0 saturated heterocycles. The lowest BCUT2D eigenvalue weighted by Gasteiger charge is -2.07. The van der Waals surface area contributed by atoms with Crippen LogP contribution in [0.2, 0.25) is 5.02 Å². The van der Waals surface area contributed by atoms with Crippen LogP contribution in [0, 0.1) is 16.0 Å². The van der Waals surface area contributed by atoms with Gasteiger partial charge in [-0.25, -0.2) is 0 Å². The molecule has 108 valence electrons. The van der Waals surface area contributed by atoms with Gasteiger partial charge in [-0.05, 0) is 12.0 Å². The number of hydrogen-bond donors (Lipinski definition) is 1. The van der Waals surface area contributed by atoms with Gasteiger partial charge in [-0.15, -0.1) is 0 Å². The molecule has 0 aromatic heterocycles. The highest BCUT2D eigenvalue weighted by Crippen LogP contribution is 2.26. The van der Waals surface area contributed by atoms with Crippen LogP contribution in [0.5, 0.6) is 0 Å². The molecule has 1 aromatic rings. The van der Waals surface area contributed by atoms with E-state index < -0.39 is 10.8 Å². The second-order valence-electron chi connectivity index (χ2n) is 4.78. The molecule has 0 aliphatic carbocycles. The molecule has 0 saturated carbocycles. The first-order valence-electron chi connectivity index (χ1n) is 6.05. The number of non-ortho nitro benzene ring substituents is 1. The van der Waals surface area contributed by atoms with Gasteiger partial charge in [-0.2, -0.15) is 0 Å². The SMILES string of the molecule is CC(C)CC(=O)CC(=O)Nc1cc([N+](=O)[O-])ccc1Cl. The van der Waals surface area contributed by atoms with E-state index >= 15 is 0 Å². The number of rotatable bonds is 6. The minimum atomic E-state index is -0.587. The van der Waals surface area contributed by atoms with Crippen LogP contribution < -0.4 is 5.32 Å². The Morgan fingerprint density at radius 1 is 1.40 bits per heavy atom. The van der Waals surface area contributed by atoms with Gasteiger partial charge in [0.15, 0.2) is 0 Å². The second-order valence-corrected chi connectivity index (χ2v) is 5.19. The van der Waals surface area contributed by atoms with E-state index in [1.165, 1.54) is 12.1 Å². The lowest BCUT2D eigenvalue weighted by molar-refractivity contribution is -0.384. The van der Waals surface area contributed by atoms with E-state index in [2.05, 4.69) is 5.32 Å². The zero-order valence-electron chi connectivity index (χ0n) is 11.2. The van der Waals surface area contributed by atoms with E-state index in [0.717, 1.165) is 6.07 Å². The van der Waals surface area contributed by atoms with Gasteiger partial charge in [0, 0.05) is 18.6 Å². The normalized spacial score (nSPS) is 10.4. The van der Waals surface area contributed by atoms with Crippen molar-refractivity contribution in [3.63, 3.8) is 0 Å². The van der Waals surface area contributed by atoms with Crippen molar-refractivity contribution in [1.82, 2.24) is 0 Å². The number of Topliss-reactive ketones (excluding diaryl/α,β-unsaturated/α-hetero) is 1. The summed E-state index contributed by atoms with van der Waals surface area (Å²) in [5.74, 6) is -0.534. The molecule has 20 heavy (non-hydrogen) atoms. The summed E-state index contributed by atoms with van der Waals surface area (Å²) in [7, 11) is 0. The van der Waals surface area contributed by atoms with Gasteiger partial charge in [-0.1, -0.05) is 25.4 Å². The Hall–Kier alpha value is -1.95. The van der Waals surface area contributed by atoms with Crippen LogP contribution in [-0.4, -0.2) is 16.6 Å². The second kappa shape index (κ2) is 7.00. The van der Waals surface area contributed by atoms with Gasteiger partial charge in [0.2, 0.25) is 5.91 Å². The van der Waals surface area contributed by atoms with E-state index in [1.54, 1.807) is 0 Å². The molecular formula is C13H15ClN2O4. The number of carbonyl (C=O) groups is 2. The number of carbonyl (C=O) groups excluding carboxylic acids is 2. The van der Waals surface area contributed by atoms with Crippen molar-refractivity contribution in [3.8, 4) is 0 Å². The third kappa shape index (κ3) is 4.97. The van der Waals surface area contributed by atoms with Crippen molar-refractivity contribution in [2.45, 2.75) is 26.7 Å². The van der Waals surface area contributed by atoms with Gasteiger partial charge in [0.25, 0.3) is 5.69 Å². The van der Waals surface area contributed by atoms with E-state index in [1.807, 2.05) is 13.8 Å². The first-order chi connectivity index (χ1) is 9.29. The molecule has 0 fully saturated rings. The molecule has 6 nitrogen and oxygen atoms in total. The smallest absolute Gasteiger partial charge is 0.271 e. The largest absolute Gasteiger partial charge is 0.324 e. The van der Waals surface area contributed by atoms with Gasteiger partial charge >= 0.3 is 0 Å². The molecule has 0 radical (unpaired) electrons. The quantitative estimate of drug-likeness (QED) is 0.496. The standard InChI is InChI=1S/C13H15ClN2O4/c1-8(2)5-10(17)7-13(18)15-12-6-9(16(19)20)3-4-11(12)14/h3-4,6,8H,5,7H2,1-2H3,(H,15,18). The highest BCUT2D eigenvalue weighted by molar-refractivity contribution is 6.33. The first-order valence-corrected chi connectivity index (χ1v) is 6.43. The zero-order valence-corrected chi connectivity index (χ0v) is 11.9. The number of nitrogens with zero attached hydrogens (tertiary/aromatic N) is 1. The van der Waals surface area contributed by atoms with Crippen LogP contribution >= 0.6 is 11.6 Å². The molecule has 0 spiro atoms. The highest BCUT2D eigenvalue weighted by Gasteiger charge is 2.15. The van der Waals surface area contributed by atoms with E-state index in [-0.39, 0.29) is 34.5 Å². The minimum absolute atomic E-state index is 0.128. The fourth-order valence-electron chi connectivity index (χ4n) is 1.62. The van der Waals surface area contributed by atoms with Crippen molar-refractivity contribution >= 4 is 34.7 Å². The van der Waals surface area contributed by atoms with Gasteiger partial charge < -0.3 is 5.32 Å². The Morgan fingerprint density at radius 2 is 2.05 bits per heavy atom. The Labute approximate surface area is 121 Å². The van der Waals surface area contributed by atoms with Crippen LogP contribution in [-0.2, 0) is 9.59 Å². The number of nitrogens with one attached hydrogen (secondary N) is 1. The van der Waals surface area contributed by atoms with E-state index in [0.29, 0.717) is 6.42 Å². The number of ketones is 1. The number of anilines is 1. The number of hydrogen-bond acceptors (Lipinski definition) is 4. The molecule has 1 N–H and O–H groups in total. The lowest BCUT2D eigenvalue weighted by atomic mass is 10.1. The van der Waals surface area contributed by atoms with Crippen molar-refractivity contribution in [2.75, 3.05) is 5.32 Å². The van der Waals surface area contributed by atoms with Crippen molar-refractivity contribution in [1.29, 1.82) is 0 Å². The zero-order chi connectivity index (χ0) is 15.3. The summed E-state index contributed by atoms with van der Waals surface area (Å²) in [5, 5.41) is 13.2. The predicted molar refractivity (Wildman–Crippen MR) is 75.8 cm³/mol. The molecule has 1 amide bonds. The Balaban J connectivity index is 2.73. The molecule has 1 rings (SSSR count). The molecular weight excluding hydrogens is 284 g/mol. The summed E-state index contributed by atoms with van der Waals surface area (Å²) in [4.78, 5) is 33.2. The third-order valence-corrected chi connectivity index (χ3v) is 2.76. The average molecular weight is 299 g/mol. The number of nitro groups is 1. The summed E-state index contributed by atoms with van der Waals surface area (Å²) in [6.07, 6.45) is 0.0489. The maximum atomic E-state index is 11.7. The van der Waals surface area contributed by atoms with Gasteiger partial charge in [-0.3, -0.25) is 19.7 Å². The molecule has 0 aliphatic rings. The minimum Gasteiger partial charge on any atom is -0.324 e. The summed E-state index contributed by atoms with van der Waals surface area (Å²) in [5.41, 5.74) is -0.0542. The molecule has 0 bridgehead atoms. The Morgan fingerprint density at radius 3 is 2.60 bits per heavy atom. The maximum absolute atomic E-state index is 11.7. The fraction of sp³-hybridized carbons (Fsp3) is 0.385. The van der Waals surface area contributed by atoms with Gasteiger partial charge in [0.05, 0.1) is 22.1 Å². The fourth-order valence-corrected chi connectivity index (χ4v) is 1.79. The topological polar surface area (TPSA) is 89.3 Å². The summed E-state index contributed by atoms with van der Waals surface area (Å²) >= 11 is 5.84. The van der Waals surface area contributed by atoms with Crippen LogP contribution in [0.3, 0.4) is 0 Å². The Bertz CT molecular complexity index is 543. The molecule has 0 heterocycles. The van der Waals surface area contributed by atoms with Crippen LogP contribution in [0.25, 0.3) is 0 Å². The summed E-state index contributed by atoms with van der Waals surface area (Å²) in [6.45, 7) is 3.76. The monoisotopic (exact) mass is 298 g/mol. The highest BCUT2D eigenvalue weighted by atomic mass is 35.5. The van der Waals surface area contributed by atoms with Crippen LogP contribution in [0.4, 0.5) is 11.4 Å². The molecule has 0 aliphatic heterocycles. The van der Waals surface area contributed by atoms with Crippen LogP contribution in [0.1, 0.15) is 26.7 Å². The molecule has 7 heteroatoms.